The molecule has 1 nitrogen and oxygen atoms in total. The van der Waals surface area contributed by atoms with Crippen LogP contribution in [0.3, 0.4) is 0 Å². The van der Waals surface area contributed by atoms with Crippen LogP contribution < -0.4 is 5.73 Å². The molecule has 0 rings (SSSR count). The van der Waals surface area contributed by atoms with Crippen LogP contribution in [0.2, 0.25) is 0 Å². The average Bonchev–Trinajstić information content (AvgIpc) is 2.61. The second kappa shape index (κ2) is 72.3. The quantitative estimate of drug-likeness (QED) is 0.546. The second-order valence-corrected chi connectivity index (χ2v) is 4.28. The first-order valence-corrected chi connectivity index (χ1v) is 9.71. The first-order valence-electron chi connectivity index (χ1n) is 9.71. The molecule has 21 heavy (non-hydrogen) atoms. The van der Waals surface area contributed by atoms with Gasteiger partial charge in [-0.15, -0.1) is 0 Å². The molecule has 0 aliphatic rings. The maximum Gasteiger partial charge on any atom is -0.0195 e. The van der Waals surface area contributed by atoms with E-state index in [2.05, 4.69) is 54.2 Å². The Bertz CT molecular complexity index is 64.2. The van der Waals surface area contributed by atoms with E-state index in [-0.39, 0.29) is 0 Å². The van der Waals surface area contributed by atoms with Gasteiger partial charge in [0.25, 0.3) is 0 Å². The summed E-state index contributed by atoms with van der Waals surface area (Å²) in [5, 5.41) is 0. The highest BCUT2D eigenvalue weighted by Gasteiger charge is 1.88. The van der Waals surface area contributed by atoms with Crippen LogP contribution in [-0.4, -0.2) is 7.05 Å². The Morgan fingerprint density at radius 3 is 0.810 bits per heavy atom. The van der Waals surface area contributed by atoms with Crippen molar-refractivity contribution in [2.45, 2.75) is 121 Å². The van der Waals surface area contributed by atoms with Crippen molar-refractivity contribution >= 4 is 0 Å². The minimum Gasteiger partial charge on any atom is -0.333 e. The van der Waals surface area contributed by atoms with E-state index in [1.807, 2.05) is 27.7 Å². The van der Waals surface area contributed by atoms with Gasteiger partial charge < -0.3 is 5.73 Å². The van der Waals surface area contributed by atoms with Gasteiger partial charge in [0.05, 0.1) is 0 Å². The van der Waals surface area contributed by atoms with Crippen LogP contribution in [-0.2, 0) is 0 Å². The number of hydrogen-bond donors (Lipinski definition) is 1. The van der Waals surface area contributed by atoms with Gasteiger partial charge in [0.15, 0.2) is 0 Å². The van der Waals surface area contributed by atoms with Crippen LogP contribution >= 0.6 is 0 Å². The van der Waals surface area contributed by atoms with Gasteiger partial charge in [-0.2, -0.15) is 0 Å². The molecule has 0 amide bonds. The molecule has 0 radical (unpaired) electrons. The van der Waals surface area contributed by atoms with Crippen molar-refractivity contribution < 1.29 is 0 Å². The Morgan fingerprint density at radius 2 is 0.810 bits per heavy atom. The molecule has 0 saturated heterocycles. The zero-order valence-corrected chi connectivity index (χ0v) is 18.1. The first kappa shape index (κ1) is 37.3. The lowest BCUT2D eigenvalue weighted by atomic mass is 10.1. The van der Waals surface area contributed by atoms with E-state index >= 15 is 0 Å². The van der Waals surface area contributed by atoms with Gasteiger partial charge in [0.2, 0.25) is 0 Å². The summed E-state index contributed by atoms with van der Waals surface area (Å²) in [5.41, 5.74) is 4.50. The maximum atomic E-state index is 4.50. The molecule has 138 valence electrons. The predicted octanol–water partition coefficient (Wildman–Crippen LogP) is 8.07. The Kier molecular flexibility index (Phi) is 129. The van der Waals surface area contributed by atoms with Gasteiger partial charge in [-0.25, -0.2) is 0 Å². The van der Waals surface area contributed by atoms with Gasteiger partial charge in [0.1, 0.15) is 0 Å². The van der Waals surface area contributed by atoms with Crippen molar-refractivity contribution in [2.24, 2.45) is 11.7 Å². The molecule has 1 heteroatoms. The molecule has 0 aliphatic carbocycles. The van der Waals surface area contributed by atoms with Crippen LogP contribution in [0.5, 0.6) is 0 Å². The minimum absolute atomic E-state index is 0.935. The van der Waals surface area contributed by atoms with Crippen LogP contribution in [0.15, 0.2) is 0 Å². The molecule has 0 aromatic carbocycles. The molecule has 0 aromatic heterocycles. The van der Waals surface area contributed by atoms with Crippen molar-refractivity contribution in [1.29, 1.82) is 0 Å². The van der Waals surface area contributed by atoms with Crippen LogP contribution in [0.25, 0.3) is 0 Å². The van der Waals surface area contributed by atoms with E-state index in [0.717, 1.165) is 5.92 Å². The van der Waals surface area contributed by atoms with E-state index in [0.29, 0.717) is 0 Å². The van der Waals surface area contributed by atoms with Gasteiger partial charge in [-0.05, 0) is 13.0 Å². The molecule has 0 unspecified atom stereocenters. The van der Waals surface area contributed by atoms with E-state index in [1.165, 1.54) is 52.0 Å². The third-order valence-corrected chi connectivity index (χ3v) is 2.60. The van der Waals surface area contributed by atoms with Gasteiger partial charge in [0, 0.05) is 0 Å². The van der Waals surface area contributed by atoms with E-state index in [1.54, 1.807) is 0 Å². The Hall–Kier alpha value is -0.0400. The van der Waals surface area contributed by atoms with Crippen LogP contribution in [0.1, 0.15) is 121 Å². The molecule has 0 aliphatic heterocycles. The summed E-state index contributed by atoms with van der Waals surface area (Å²) in [5.74, 6) is 0.935. The molecule has 0 heterocycles. The smallest absolute Gasteiger partial charge is 0.0195 e. The Balaban J connectivity index is -0.0000000344. The fourth-order valence-corrected chi connectivity index (χ4v) is 0.642. The van der Waals surface area contributed by atoms with Crippen LogP contribution in [0, 0.1) is 5.92 Å². The third-order valence-electron chi connectivity index (χ3n) is 2.60. The maximum absolute atomic E-state index is 4.50. The zero-order chi connectivity index (χ0) is 18.5. The number of nitrogens with two attached hydrogens (primary N) is 1. The van der Waals surface area contributed by atoms with Crippen molar-refractivity contribution in [3.63, 3.8) is 0 Å². The second-order valence-electron chi connectivity index (χ2n) is 4.28. The summed E-state index contributed by atoms with van der Waals surface area (Å²) in [6, 6.07) is 0. The van der Waals surface area contributed by atoms with Crippen molar-refractivity contribution in [3.8, 4) is 0 Å². The number of hydrogen-bond acceptors (Lipinski definition) is 1. The van der Waals surface area contributed by atoms with Crippen molar-refractivity contribution in [1.82, 2.24) is 0 Å². The monoisotopic (exact) mass is 307 g/mol. The standard InChI is InChI=1S/C6H14.C5H12.C4H10.2C2H6.CH5N/c1-4-6(3)5-2;1-3-5-4-2;1-3-4-2;3*1-2/h6H,4-5H2,1-3H3;3-5H2,1-2H3;3-4H2,1-2H3;2*1-2H3;2H2,1H3. The fraction of sp³-hybridized carbons (Fsp3) is 1.00. The summed E-state index contributed by atoms with van der Waals surface area (Å²) >= 11 is 0. The third kappa shape index (κ3) is 133. The highest BCUT2D eigenvalue weighted by atomic mass is 14.4. The summed E-state index contributed by atoms with van der Waals surface area (Å²) < 4.78 is 0. The lowest BCUT2D eigenvalue weighted by Gasteiger charge is -1.98. The molecule has 0 bridgehead atoms. The SMILES string of the molecule is CC.CC.CCC(C)CC.CCCC.CCCCC.CN. The Labute approximate surface area is 140 Å². The molecule has 0 aromatic rings. The van der Waals surface area contributed by atoms with Gasteiger partial charge in [-0.1, -0.05) is 121 Å². The summed E-state index contributed by atoms with van der Waals surface area (Å²) in [7, 11) is 1.50. The lowest BCUT2D eigenvalue weighted by Crippen LogP contribution is -1.85. The molecule has 0 fully saturated rings. The first-order chi connectivity index (χ1) is 10.1. The fourth-order valence-electron chi connectivity index (χ4n) is 0.642. The summed E-state index contributed by atoms with van der Waals surface area (Å²) in [6.45, 7) is 23.5. The number of unbranched alkanes of at least 4 members (excludes halogenated alkanes) is 3. The highest BCUT2D eigenvalue weighted by molar-refractivity contribution is 4.41. The predicted molar refractivity (Wildman–Crippen MR) is 108 cm³/mol. The normalized spacial score (nSPS) is 7.14. The van der Waals surface area contributed by atoms with Gasteiger partial charge in [-0.3, -0.25) is 0 Å². The largest absolute Gasteiger partial charge is 0.333 e. The Morgan fingerprint density at radius 1 is 0.571 bits per heavy atom. The molecule has 0 atom stereocenters. The van der Waals surface area contributed by atoms with E-state index in [4.69, 9.17) is 0 Å². The van der Waals surface area contributed by atoms with Crippen molar-refractivity contribution in [3.05, 3.63) is 0 Å². The molecular weight excluding hydrogens is 254 g/mol. The lowest BCUT2D eigenvalue weighted by molar-refractivity contribution is 0.544. The zero-order valence-electron chi connectivity index (χ0n) is 18.1. The molecule has 0 saturated carbocycles. The summed E-state index contributed by atoms with van der Waals surface area (Å²) in [6.07, 6.45) is 9.38. The van der Waals surface area contributed by atoms with Crippen LogP contribution in [0.4, 0.5) is 0 Å². The highest BCUT2D eigenvalue weighted by Crippen LogP contribution is 2.02. The molecule has 2 N–H and O–H groups in total. The van der Waals surface area contributed by atoms with E-state index in [9.17, 15) is 0 Å². The topological polar surface area (TPSA) is 26.0 Å². The summed E-state index contributed by atoms with van der Waals surface area (Å²) in [4.78, 5) is 0. The van der Waals surface area contributed by atoms with E-state index < -0.39 is 0 Å². The molecule has 0 spiro atoms. The average molecular weight is 308 g/mol. The molecular formula is C20H53N. The minimum atomic E-state index is 0.935. The van der Waals surface area contributed by atoms with Crippen molar-refractivity contribution in [2.75, 3.05) is 7.05 Å². The van der Waals surface area contributed by atoms with Gasteiger partial charge >= 0.3 is 0 Å². The number of rotatable bonds is 5.